The lowest BCUT2D eigenvalue weighted by molar-refractivity contribution is -0.233. The average Bonchev–Trinajstić information content (AvgIpc) is 2.92. The first-order valence-electron chi connectivity index (χ1n) is 11.9. The first-order chi connectivity index (χ1) is 13.3. The Labute approximate surface area is 170 Å². The van der Waals surface area contributed by atoms with E-state index in [1.807, 2.05) is 0 Å². The zero-order valence-electron chi connectivity index (χ0n) is 18.0. The maximum Gasteiger partial charge on any atom is 0.139 e. The Morgan fingerprint density at radius 1 is 1.04 bits per heavy atom. The highest BCUT2D eigenvalue weighted by molar-refractivity contribution is 5.87. The summed E-state index contributed by atoms with van der Waals surface area (Å²) in [5, 5.41) is 15.5. The van der Waals surface area contributed by atoms with E-state index in [1.165, 1.54) is 6.42 Å². The Bertz CT molecular complexity index is 684. The molecule has 3 heteroatoms. The molecule has 4 saturated carbocycles. The number of Topliss-reactive ketones (excluding diaryl/α,β-unsaturated/α-hetero) is 1. The fourth-order valence-corrected chi connectivity index (χ4v) is 8.41. The van der Waals surface area contributed by atoms with Gasteiger partial charge in [-0.15, -0.1) is 0 Å². The summed E-state index contributed by atoms with van der Waals surface area (Å²) in [4.78, 5) is 12.6. The molecule has 4 aliphatic carbocycles. The summed E-state index contributed by atoms with van der Waals surface area (Å²) in [7, 11) is 0. The van der Waals surface area contributed by atoms with Crippen LogP contribution >= 0.6 is 0 Å². The molecule has 0 aromatic heterocycles. The summed E-state index contributed by atoms with van der Waals surface area (Å²) in [6.45, 7) is 9.21. The third-order valence-corrected chi connectivity index (χ3v) is 10.5. The lowest BCUT2D eigenvalue weighted by Gasteiger charge is -2.65. The van der Waals surface area contributed by atoms with Crippen LogP contribution in [0.2, 0.25) is 0 Å². The quantitative estimate of drug-likeness (QED) is 0.695. The molecule has 0 aromatic rings. The molecule has 0 amide bonds. The Morgan fingerprint density at radius 3 is 2.50 bits per heavy atom. The van der Waals surface area contributed by atoms with Crippen LogP contribution in [0.3, 0.4) is 0 Å². The van der Waals surface area contributed by atoms with E-state index in [9.17, 15) is 9.90 Å². The summed E-state index contributed by atoms with van der Waals surface area (Å²) >= 11 is 0. The molecular weight excluding hydrogens is 346 g/mol. The van der Waals surface area contributed by atoms with Gasteiger partial charge in [0.2, 0.25) is 0 Å². The molecule has 0 spiro atoms. The fourth-order valence-electron chi connectivity index (χ4n) is 8.41. The van der Waals surface area contributed by atoms with Gasteiger partial charge in [-0.2, -0.15) is 0 Å². The monoisotopic (exact) mass is 385 g/mol. The molecule has 0 radical (unpaired) electrons. The summed E-state index contributed by atoms with van der Waals surface area (Å²) in [6, 6.07) is 0. The molecule has 8 atom stereocenters. The topological polar surface area (TPSA) is 49.3 Å². The summed E-state index contributed by atoms with van der Waals surface area (Å²) in [5.41, 5.74) is -0.593. The van der Waals surface area contributed by atoms with Crippen LogP contribution < -0.4 is 5.32 Å². The van der Waals surface area contributed by atoms with Crippen molar-refractivity contribution in [2.45, 2.75) is 77.7 Å². The van der Waals surface area contributed by atoms with Gasteiger partial charge in [-0.25, -0.2) is 0 Å². The number of hydrogen-bond donors (Lipinski definition) is 2. The van der Waals surface area contributed by atoms with Gasteiger partial charge in [0.05, 0.1) is 5.60 Å². The molecular formula is C25H39NO2. The van der Waals surface area contributed by atoms with Gasteiger partial charge in [0.15, 0.2) is 0 Å². The Morgan fingerprint density at radius 2 is 1.79 bits per heavy atom. The zero-order valence-corrected chi connectivity index (χ0v) is 18.0. The van der Waals surface area contributed by atoms with E-state index < -0.39 is 5.60 Å². The van der Waals surface area contributed by atoms with E-state index in [2.05, 4.69) is 38.2 Å². The fraction of sp³-hybridized carbons (Fsp3) is 0.880. The normalized spacial score (nSPS) is 54.1. The molecule has 5 aliphatic rings. The van der Waals surface area contributed by atoms with Gasteiger partial charge in [0, 0.05) is 30.8 Å². The van der Waals surface area contributed by atoms with Crippen LogP contribution in [-0.4, -0.2) is 29.6 Å². The number of hydrogen-bond acceptors (Lipinski definition) is 3. The number of allylic oxidation sites excluding steroid dienone is 1. The minimum Gasteiger partial charge on any atom is -0.389 e. The largest absolute Gasteiger partial charge is 0.389 e. The predicted octanol–water partition coefficient (Wildman–Crippen LogP) is 4.35. The third kappa shape index (κ3) is 2.51. The number of fused-ring (bicyclic) bond motifs is 5. The van der Waals surface area contributed by atoms with Crippen molar-refractivity contribution in [3.05, 3.63) is 12.2 Å². The molecule has 3 unspecified atom stereocenters. The number of aliphatic hydroxyl groups is 1. The van der Waals surface area contributed by atoms with Crippen molar-refractivity contribution >= 4 is 5.78 Å². The molecule has 156 valence electrons. The van der Waals surface area contributed by atoms with Crippen LogP contribution in [0.1, 0.15) is 72.1 Å². The Hall–Kier alpha value is -0.670. The first kappa shape index (κ1) is 19.3. The van der Waals surface area contributed by atoms with Crippen LogP contribution in [0.25, 0.3) is 0 Å². The molecule has 5 rings (SSSR count). The molecule has 1 aliphatic heterocycles. The van der Waals surface area contributed by atoms with E-state index in [1.54, 1.807) is 0 Å². The van der Waals surface area contributed by atoms with Crippen molar-refractivity contribution in [1.82, 2.24) is 5.32 Å². The second-order valence-corrected chi connectivity index (χ2v) is 11.6. The van der Waals surface area contributed by atoms with Crippen LogP contribution in [0, 0.1) is 46.3 Å². The summed E-state index contributed by atoms with van der Waals surface area (Å²) in [5.74, 6) is 3.88. The van der Waals surface area contributed by atoms with Gasteiger partial charge >= 0.3 is 0 Å². The van der Waals surface area contributed by atoms with E-state index >= 15 is 0 Å². The van der Waals surface area contributed by atoms with E-state index in [-0.39, 0.29) is 10.8 Å². The molecule has 0 bridgehead atoms. The third-order valence-electron chi connectivity index (χ3n) is 10.5. The van der Waals surface area contributed by atoms with Gasteiger partial charge in [-0.3, -0.25) is 4.79 Å². The van der Waals surface area contributed by atoms with Crippen molar-refractivity contribution in [3.8, 4) is 0 Å². The number of ketones is 1. The van der Waals surface area contributed by atoms with Crippen molar-refractivity contribution in [2.75, 3.05) is 13.1 Å². The van der Waals surface area contributed by atoms with Gasteiger partial charge in [0.25, 0.3) is 0 Å². The Kier molecular flexibility index (Phi) is 4.42. The number of nitrogens with one attached hydrogen (secondary N) is 1. The summed E-state index contributed by atoms with van der Waals surface area (Å²) in [6.07, 6.45) is 13.3. The predicted molar refractivity (Wildman–Crippen MR) is 112 cm³/mol. The molecule has 1 saturated heterocycles. The van der Waals surface area contributed by atoms with Crippen molar-refractivity contribution in [2.24, 2.45) is 46.3 Å². The molecule has 0 aromatic carbocycles. The number of carbonyl (C=O) groups is 1. The lowest BCUT2D eigenvalue weighted by atomic mass is 9.41. The van der Waals surface area contributed by atoms with E-state index in [4.69, 9.17) is 0 Å². The molecule has 5 fully saturated rings. The molecule has 2 N–H and O–H groups in total. The lowest BCUT2D eigenvalue weighted by Crippen LogP contribution is -2.65. The number of rotatable bonds is 2. The summed E-state index contributed by atoms with van der Waals surface area (Å²) < 4.78 is 0. The smallest absolute Gasteiger partial charge is 0.139 e. The van der Waals surface area contributed by atoms with E-state index in [0.717, 1.165) is 58.0 Å². The molecule has 3 nitrogen and oxygen atoms in total. The molecule has 1 heterocycles. The highest BCUT2D eigenvalue weighted by atomic mass is 16.3. The van der Waals surface area contributed by atoms with Gasteiger partial charge in [-0.1, -0.05) is 32.9 Å². The second kappa shape index (κ2) is 6.41. The van der Waals surface area contributed by atoms with Crippen molar-refractivity contribution < 1.29 is 9.90 Å². The average molecular weight is 386 g/mol. The minimum absolute atomic E-state index is 0.0185. The highest BCUT2D eigenvalue weighted by Crippen LogP contribution is 2.68. The maximum absolute atomic E-state index is 12.6. The van der Waals surface area contributed by atoms with Crippen LogP contribution in [-0.2, 0) is 4.79 Å². The van der Waals surface area contributed by atoms with Crippen LogP contribution in [0.4, 0.5) is 0 Å². The standard InChI is InChI=1S/C25H39NO2/c1-16-12-19-20-6-7-22(27)23(20,2)10-9-21(19)24(3)11-8-17(13-25(16,24)28)4-5-18-14-26-15-18/h4-5,16-21,26,28H,6-15H2,1-3H3/t16?,17?,19-,20-,21+,23-,24+,25?/m0/s1. The van der Waals surface area contributed by atoms with Gasteiger partial charge in [-0.05, 0) is 80.0 Å². The first-order valence-corrected chi connectivity index (χ1v) is 11.9. The maximum atomic E-state index is 12.6. The Balaban J connectivity index is 1.40. The van der Waals surface area contributed by atoms with Gasteiger partial charge in [0.1, 0.15) is 5.78 Å². The van der Waals surface area contributed by atoms with Crippen molar-refractivity contribution in [1.29, 1.82) is 0 Å². The second-order valence-electron chi connectivity index (χ2n) is 11.6. The van der Waals surface area contributed by atoms with E-state index in [0.29, 0.717) is 41.3 Å². The number of carbonyl (C=O) groups excluding carboxylic acids is 1. The van der Waals surface area contributed by atoms with Crippen molar-refractivity contribution in [3.63, 3.8) is 0 Å². The SMILES string of the molecule is CC1C[C@@H]2[C@@H](CC[C@]3(C)C(=O)CC[C@@H]23)[C@@]2(C)CCC(C=CC3CNC3)CC12O. The van der Waals surface area contributed by atoms with Gasteiger partial charge < -0.3 is 10.4 Å². The zero-order chi connectivity index (χ0) is 19.7. The van der Waals surface area contributed by atoms with Crippen LogP contribution in [0.15, 0.2) is 12.2 Å². The molecule has 28 heavy (non-hydrogen) atoms. The van der Waals surface area contributed by atoms with Crippen LogP contribution in [0.5, 0.6) is 0 Å². The minimum atomic E-state index is -0.546. The highest BCUT2D eigenvalue weighted by Gasteiger charge is 2.66.